The first-order valence-electron chi connectivity index (χ1n) is 7.86. The first-order chi connectivity index (χ1) is 11.2. The van der Waals surface area contributed by atoms with Crippen LogP contribution < -0.4 is 0 Å². The van der Waals surface area contributed by atoms with Crippen molar-refractivity contribution in [3.05, 3.63) is 56.9 Å². The maximum atomic E-state index is 13.1. The summed E-state index contributed by atoms with van der Waals surface area (Å²) < 4.78 is 27.9. The zero-order valence-electron chi connectivity index (χ0n) is 12.7. The predicted octanol–water partition coefficient (Wildman–Crippen LogP) is 3.60. The van der Waals surface area contributed by atoms with E-state index in [1.54, 1.807) is 10.5 Å². The van der Waals surface area contributed by atoms with Crippen LogP contribution in [-0.4, -0.2) is 24.3 Å². The van der Waals surface area contributed by atoms with Crippen LogP contribution in [0.25, 0.3) is 6.08 Å². The molecule has 0 amide bonds. The van der Waals surface area contributed by atoms with E-state index < -0.39 is 10.0 Å². The second-order valence-corrected chi connectivity index (χ2v) is 8.82. The second kappa shape index (κ2) is 5.85. The van der Waals surface area contributed by atoms with E-state index >= 15 is 0 Å². The highest BCUT2D eigenvalue weighted by Crippen LogP contribution is 2.39. The Morgan fingerprint density at radius 1 is 1.22 bits per heavy atom. The molecule has 23 heavy (non-hydrogen) atoms. The van der Waals surface area contributed by atoms with Crippen LogP contribution in [0.3, 0.4) is 0 Å². The zero-order valence-corrected chi connectivity index (χ0v) is 14.3. The fraction of sp³-hybridized carbons (Fsp3) is 0.353. The van der Waals surface area contributed by atoms with Crippen molar-refractivity contribution in [1.82, 2.24) is 9.29 Å². The lowest BCUT2D eigenvalue weighted by atomic mass is 9.98. The molecule has 1 aliphatic carbocycles. The van der Waals surface area contributed by atoms with Crippen LogP contribution in [0.5, 0.6) is 0 Å². The number of aryl methyl sites for hydroxylation is 1. The van der Waals surface area contributed by atoms with Gasteiger partial charge in [0.2, 0.25) is 10.0 Å². The Balaban J connectivity index is 1.70. The van der Waals surface area contributed by atoms with E-state index in [1.165, 1.54) is 16.9 Å². The SMILES string of the molecule is O=S(=O)(C1=Cc2ccccc2CC1)N1CCCC1c1nccs1. The zero-order chi connectivity index (χ0) is 15.9. The summed E-state index contributed by atoms with van der Waals surface area (Å²) in [5.41, 5.74) is 2.26. The fourth-order valence-corrected chi connectivity index (χ4v) is 6.13. The molecule has 2 aromatic rings. The molecule has 1 atom stereocenters. The number of nitrogens with zero attached hydrogens (tertiary/aromatic N) is 2. The molecule has 4 rings (SSSR count). The molecule has 6 heteroatoms. The van der Waals surface area contributed by atoms with Crippen molar-refractivity contribution in [1.29, 1.82) is 0 Å². The van der Waals surface area contributed by atoms with Gasteiger partial charge in [-0.2, -0.15) is 4.31 Å². The summed E-state index contributed by atoms with van der Waals surface area (Å²) in [5, 5.41) is 2.82. The van der Waals surface area contributed by atoms with E-state index in [-0.39, 0.29) is 6.04 Å². The van der Waals surface area contributed by atoms with E-state index in [9.17, 15) is 8.42 Å². The van der Waals surface area contributed by atoms with Crippen LogP contribution in [0.4, 0.5) is 0 Å². The van der Waals surface area contributed by atoms with E-state index in [4.69, 9.17) is 0 Å². The molecule has 1 aliphatic heterocycles. The first kappa shape index (κ1) is 15.1. The van der Waals surface area contributed by atoms with Gasteiger partial charge in [0.05, 0.1) is 10.9 Å². The molecule has 1 unspecified atom stereocenters. The Morgan fingerprint density at radius 3 is 2.91 bits per heavy atom. The summed E-state index contributed by atoms with van der Waals surface area (Å²) in [6, 6.07) is 7.93. The molecule has 0 saturated carbocycles. The normalized spacial score (nSPS) is 21.9. The third kappa shape index (κ3) is 2.65. The van der Waals surface area contributed by atoms with Gasteiger partial charge >= 0.3 is 0 Å². The number of hydrogen-bond acceptors (Lipinski definition) is 4. The van der Waals surface area contributed by atoms with E-state index in [1.807, 2.05) is 29.7 Å². The molecule has 1 fully saturated rings. The molecule has 120 valence electrons. The highest BCUT2D eigenvalue weighted by atomic mass is 32.2. The molecule has 1 aromatic heterocycles. The van der Waals surface area contributed by atoms with Crippen LogP contribution >= 0.6 is 11.3 Å². The average Bonchev–Trinajstić information content (AvgIpc) is 3.25. The molecule has 2 aliphatic rings. The summed E-state index contributed by atoms with van der Waals surface area (Å²) in [6.45, 7) is 0.589. The molecule has 0 spiro atoms. The Kier molecular flexibility index (Phi) is 3.83. The van der Waals surface area contributed by atoms with Gasteiger partial charge in [0.1, 0.15) is 5.01 Å². The number of fused-ring (bicyclic) bond motifs is 1. The molecule has 4 nitrogen and oxygen atoms in total. The van der Waals surface area contributed by atoms with Gasteiger partial charge < -0.3 is 0 Å². The minimum absolute atomic E-state index is 0.0990. The van der Waals surface area contributed by atoms with Crippen molar-refractivity contribution in [3.63, 3.8) is 0 Å². The third-order valence-corrected chi connectivity index (χ3v) is 7.51. The lowest BCUT2D eigenvalue weighted by Gasteiger charge is -2.26. The molecular weight excluding hydrogens is 328 g/mol. The van der Waals surface area contributed by atoms with Gasteiger partial charge in [-0.05, 0) is 42.9 Å². The summed E-state index contributed by atoms with van der Waals surface area (Å²) in [5.74, 6) is 0. The minimum atomic E-state index is -3.42. The van der Waals surface area contributed by atoms with Gasteiger partial charge in [-0.3, -0.25) is 0 Å². The maximum Gasteiger partial charge on any atom is 0.239 e. The van der Waals surface area contributed by atoms with Crippen molar-refractivity contribution in [2.45, 2.75) is 31.7 Å². The quantitative estimate of drug-likeness (QED) is 0.853. The lowest BCUT2D eigenvalue weighted by molar-refractivity contribution is 0.399. The Hall–Kier alpha value is -1.50. The van der Waals surface area contributed by atoms with Gasteiger partial charge in [0.25, 0.3) is 0 Å². The van der Waals surface area contributed by atoms with Crippen molar-refractivity contribution in [3.8, 4) is 0 Å². The molecule has 0 N–H and O–H groups in total. The topological polar surface area (TPSA) is 50.3 Å². The molecule has 2 heterocycles. The van der Waals surface area contributed by atoms with Gasteiger partial charge in [0, 0.05) is 18.1 Å². The van der Waals surface area contributed by atoms with Crippen molar-refractivity contribution < 1.29 is 8.42 Å². The number of rotatable bonds is 3. The fourth-order valence-electron chi connectivity index (χ4n) is 3.43. The number of sulfonamides is 1. The van der Waals surface area contributed by atoms with Crippen molar-refractivity contribution in [2.24, 2.45) is 0 Å². The summed E-state index contributed by atoms with van der Waals surface area (Å²) >= 11 is 1.54. The van der Waals surface area contributed by atoms with Crippen molar-refractivity contribution in [2.75, 3.05) is 6.54 Å². The van der Waals surface area contributed by atoms with Crippen LogP contribution in [0, 0.1) is 0 Å². The number of allylic oxidation sites excluding steroid dienone is 1. The molecule has 1 aromatic carbocycles. The number of benzene rings is 1. The average molecular weight is 346 g/mol. The lowest BCUT2D eigenvalue weighted by Crippen LogP contribution is -2.32. The molecule has 0 radical (unpaired) electrons. The van der Waals surface area contributed by atoms with Gasteiger partial charge in [-0.15, -0.1) is 11.3 Å². The molecular formula is C17H18N2O2S2. The standard InChI is InChI=1S/C17H18N2O2S2/c20-23(21,15-8-7-13-4-1-2-5-14(13)12-15)19-10-3-6-16(19)17-18-9-11-22-17/h1-2,4-5,9,11-12,16H,3,6-8,10H2. The first-order valence-corrected chi connectivity index (χ1v) is 10.2. The highest BCUT2D eigenvalue weighted by Gasteiger charge is 2.38. The minimum Gasteiger partial charge on any atom is -0.248 e. The number of aromatic nitrogens is 1. The largest absolute Gasteiger partial charge is 0.248 e. The van der Waals surface area contributed by atoms with Crippen LogP contribution in [-0.2, 0) is 16.4 Å². The van der Waals surface area contributed by atoms with E-state index in [2.05, 4.69) is 11.1 Å². The Bertz CT molecular complexity index is 841. The summed E-state index contributed by atoms with van der Waals surface area (Å²) in [6.07, 6.45) is 6.73. The highest BCUT2D eigenvalue weighted by molar-refractivity contribution is 7.93. The number of hydrogen-bond donors (Lipinski definition) is 0. The molecule has 1 saturated heterocycles. The van der Waals surface area contributed by atoms with Crippen LogP contribution in [0.2, 0.25) is 0 Å². The van der Waals surface area contributed by atoms with Crippen LogP contribution in [0.1, 0.15) is 41.4 Å². The smallest absolute Gasteiger partial charge is 0.239 e. The Labute approximate surface area is 140 Å². The van der Waals surface area contributed by atoms with Crippen LogP contribution in [0.15, 0.2) is 40.7 Å². The van der Waals surface area contributed by atoms with E-state index in [0.29, 0.717) is 17.9 Å². The third-order valence-electron chi connectivity index (χ3n) is 4.59. The maximum absolute atomic E-state index is 13.1. The Morgan fingerprint density at radius 2 is 2.09 bits per heavy atom. The second-order valence-electron chi connectivity index (χ2n) is 5.95. The van der Waals surface area contributed by atoms with Crippen molar-refractivity contribution >= 4 is 27.4 Å². The molecule has 0 bridgehead atoms. The van der Waals surface area contributed by atoms with E-state index in [0.717, 1.165) is 29.8 Å². The van der Waals surface area contributed by atoms with Gasteiger partial charge in [0.15, 0.2) is 0 Å². The summed E-state index contributed by atoms with van der Waals surface area (Å²) in [7, 11) is -3.42. The monoisotopic (exact) mass is 346 g/mol. The van der Waals surface area contributed by atoms with Gasteiger partial charge in [-0.1, -0.05) is 24.3 Å². The predicted molar refractivity (Wildman–Crippen MR) is 92.5 cm³/mol. The van der Waals surface area contributed by atoms with Gasteiger partial charge in [-0.25, -0.2) is 13.4 Å². The summed E-state index contributed by atoms with van der Waals surface area (Å²) in [4.78, 5) is 4.88. The number of thiazole rings is 1.